The van der Waals surface area contributed by atoms with Crippen LogP contribution in [0.25, 0.3) is 10.8 Å². The first-order valence-electron chi connectivity index (χ1n) is 9.46. The van der Waals surface area contributed by atoms with Gasteiger partial charge in [-0.15, -0.1) is 12.4 Å². The summed E-state index contributed by atoms with van der Waals surface area (Å²) in [6.07, 6.45) is 3.45. The number of halogens is 1. The van der Waals surface area contributed by atoms with Gasteiger partial charge in [-0.3, -0.25) is 9.59 Å². The molecule has 6 heteroatoms. The Kier molecular flexibility index (Phi) is 6.02. The van der Waals surface area contributed by atoms with Crippen molar-refractivity contribution in [1.82, 2.24) is 5.32 Å². The van der Waals surface area contributed by atoms with Crippen LogP contribution >= 0.6 is 12.4 Å². The highest BCUT2D eigenvalue weighted by Gasteiger charge is 2.37. The quantitative estimate of drug-likeness (QED) is 0.846. The maximum atomic E-state index is 12.7. The minimum Gasteiger partial charge on any atom is -0.353 e. The number of carbonyl (C=O) groups is 2. The Labute approximate surface area is 165 Å². The highest BCUT2D eigenvalue weighted by Crippen LogP contribution is 2.32. The van der Waals surface area contributed by atoms with E-state index in [1.165, 1.54) is 0 Å². The van der Waals surface area contributed by atoms with Crippen molar-refractivity contribution < 1.29 is 9.59 Å². The van der Waals surface area contributed by atoms with Gasteiger partial charge in [-0.1, -0.05) is 42.8 Å². The molecule has 1 saturated carbocycles. The number of rotatable bonds is 4. The molecule has 0 spiro atoms. The standard InChI is InChI=1S/C21H25N3O2.ClH/c22-12-15-7-3-9-18(15)23-21(26)16-11-20(25)24(13-16)19-10-4-6-14-5-1-2-8-17(14)19;/h1-2,4-6,8,10,15-16,18H,3,7,9,11-13,22H2,(H,23,26);1H. The zero-order valence-corrected chi connectivity index (χ0v) is 16.1. The number of hydrogen-bond acceptors (Lipinski definition) is 3. The van der Waals surface area contributed by atoms with Crippen LogP contribution in [-0.2, 0) is 9.59 Å². The second-order valence-electron chi connectivity index (χ2n) is 7.45. The van der Waals surface area contributed by atoms with Gasteiger partial charge in [0.15, 0.2) is 0 Å². The molecule has 144 valence electrons. The van der Waals surface area contributed by atoms with E-state index in [9.17, 15) is 9.59 Å². The van der Waals surface area contributed by atoms with Crippen LogP contribution in [0, 0.1) is 11.8 Å². The molecule has 3 atom stereocenters. The molecule has 3 unspecified atom stereocenters. The summed E-state index contributed by atoms with van der Waals surface area (Å²) in [5.41, 5.74) is 6.71. The maximum absolute atomic E-state index is 12.7. The van der Waals surface area contributed by atoms with Gasteiger partial charge in [0.1, 0.15) is 0 Å². The summed E-state index contributed by atoms with van der Waals surface area (Å²) in [5.74, 6) is 0.0838. The number of hydrogen-bond donors (Lipinski definition) is 2. The van der Waals surface area contributed by atoms with E-state index >= 15 is 0 Å². The van der Waals surface area contributed by atoms with E-state index in [-0.39, 0.29) is 42.6 Å². The van der Waals surface area contributed by atoms with Gasteiger partial charge in [0, 0.05) is 24.4 Å². The minimum absolute atomic E-state index is 0. The molecule has 4 rings (SSSR count). The van der Waals surface area contributed by atoms with Crippen molar-refractivity contribution in [3.8, 4) is 0 Å². The van der Waals surface area contributed by atoms with E-state index in [1.807, 2.05) is 42.5 Å². The fourth-order valence-electron chi connectivity index (χ4n) is 4.37. The Balaban J connectivity index is 0.00000210. The predicted molar refractivity (Wildman–Crippen MR) is 110 cm³/mol. The number of nitrogens with two attached hydrogens (primary N) is 1. The van der Waals surface area contributed by atoms with Gasteiger partial charge in [0.05, 0.1) is 11.6 Å². The number of nitrogens with one attached hydrogen (secondary N) is 1. The first-order chi connectivity index (χ1) is 12.7. The summed E-state index contributed by atoms with van der Waals surface area (Å²) in [7, 11) is 0. The Morgan fingerprint density at radius 2 is 1.93 bits per heavy atom. The van der Waals surface area contributed by atoms with E-state index in [0.717, 1.165) is 35.7 Å². The van der Waals surface area contributed by atoms with Gasteiger partial charge in [0.2, 0.25) is 11.8 Å². The first kappa shape index (κ1) is 19.6. The van der Waals surface area contributed by atoms with Gasteiger partial charge >= 0.3 is 0 Å². The number of benzene rings is 2. The topological polar surface area (TPSA) is 75.4 Å². The highest BCUT2D eigenvalue weighted by atomic mass is 35.5. The SMILES string of the molecule is Cl.NCC1CCCC1NC(=O)C1CC(=O)N(c2cccc3ccccc23)C1. The van der Waals surface area contributed by atoms with Crippen LogP contribution in [-0.4, -0.2) is 30.9 Å². The average molecular weight is 388 g/mol. The summed E-state index contributed by atoms with van der Waals surface area (Å²) in [5, 5.41) is 5.30. The third kappa shape index (κ3) is 3.80. The zero-order chi connectivity index (χ0) is 18.1. The Morgan fingerprint density at radius 1 is 1.15 bits per heavy atom. The molecule has 1 aliphatic heterocycles. The summed E-state index contributed by atoms with van der Waals surface area (Å²) in [4.78, 5) is 27.1. The van der Waals surface area contributed by atoms with E-state index in [2.05, 4.69) is 5.32 Å². The third-order valence-electron chi connectivity index (χ3n) is 5.84. The number of fused-ring (bicyclic) bond motifs is 1. The lowest BCUT2D eigenvalue weighted by Gasteiger charge is -2.22. The molecule has 0 aromatic heterocycles. The maximum Gasteiger partial charge on any atom is 0.227 e. The average Bonchev–Trinajstić information content (AvgIpc) is 3.27. The Hall–Kier alpha value is -2.11. The second kappa shape index (κ2) is 8.28. The molecule has 1 saturated heterocycles. The predicted octanol–water partition coefficient (Wildman–Crippen LogP) is 2.86. The molecule has 2 aliphatic rings. The van der Waals surface area contributed by atoms with Crippen molar-refractivity contribution in [1.29, 1.82) is 0 Å². The lowest BCUT2D eigenvalue weighted by Crippen LogP contribution is -2.43. The molecule has 2 aromatic rings. The molecular formula is C21H26ClN3O2. The zero-order valence-electron chi connectivity index (χ0n) is 15.3. The Bertz CT molecular complexity index is 836. The lowest BCUT2D eigenvalue weighted by molar-refractivity contribution is -0.127. The summed E-state index contributed by atoms with van der Waals surface area (Å²) >= 11 is 0. The fourth-order valence-corrected chi connectivity index (χ4v) is 4.37. The molecular weight excluding hydrogens is 362 g/mol. The van der Waals surface area contributed by atoms with Crippen LogP contribution in [0.3, 0.4) is 0 Å². The number of anilines is 1. The van der Waals surface area contributed by atoms with Crippen LogP contribution in [0.4, 0.5) is 5.69 Å². The highest BCUT2D eigenvalue weighted by molar-refractivity contribution is 6.07. The minimum atomic E-state index is -0.291. The van der Waals surface area contributed by atoms with Crippen LogP contribution in [0.1, 0.15) is 25.7 Å². The fraction of sp³-hybridized carbons (Fsp3) is 0.429. The molecule has 2 fully saturated rings. The molecule has 5 nitrogen and oxygen atoms in total. The van der Waals surface area contributed by atoms with E-state index < -0.39 is 0 Å². The number of amides is 2. The largest absolute Gasteiger partial charge is 0.353 e. The van der Waals surface area contributed by atoms with Crippen molar-refractivity contribution in [2.24, 2.45) is 17.6 Å². The van der Waals surface area contributed by atoms with Crippen molar-refractivity contribution in [3.05, 3.63) is 42.5 Å². The van der Waals surface area contributed by atoms with Crippen LogP contribution in [0.5, 0.6) is 0 Å². The monoisotopic (exact) mass is 387 g/mol. The first-order valence-corrected chi connectivity index (χ1v) is 9.46. The number of nitrogens with zero attached hydrogens (tertiary/aromatic N) is 1. The summed E-state index contributed by atoms with van der Waals surface area (Å²) < 4.78 is 0. The van der Waals surface area contributed by atoms with Crippen molar-refractivity contribution in [3.63, 3.8) is 0 Å². The Morgan fingerprint density at radius 3 is 2.74 bits per heavy atom. The molecule has 2 aromatic carbocycles. The normalized spacial score (nSPS) is 24.9. The van der Waals surface area contributed by atoms with E-state index in [0.29, 0.717) is 19.0 Å². The molecule has 2 amide bonds. The molecule has 1 heterocycles. The molecule has 27 heavy (non-hydrogen) atoms. The third-order valence-corrected chi connectivity index (χ3v) is 5.84. The van der Waals surface area contributed by atoms with Crippen molar-refractivity contribution in [2.75, 3.05) is 18.0 Å². The molecule has 3 N–H and O–H groups in total. The molecule has 1 aliphatic carbocycles. The van der Waals surface area contributed by atoms with Gasteiger partial charge < -0.3 is 16.0 Å². The van der Waals surface area contributed by atoms with Crippen molar-refractivity contribution >= 4 is 40.7 Å². The van der Waals surface area contributed by atoms with E-state index in [4.69, 9.17) is 5.73 Å². The van der Waals surface area contributed by atoms with Crippen LogP contribution < -0.4 is 16.0 Å². The summed E-state index contributed by atoms with van der Waals surface area (Å²) in [6.45, 7) is 1.05. The van der Waals surface area contributed by atoms with Gasteiger partial charge in [-0.25, -0.2) is 0 Å². The molecule has 0 radical (unpaired) electrons. The van der Waals surface area contributed by atoms with Crippen LogP contribution in [0.15, 0.2) is 42.5 Å². The van der Waals surface area contributed by atoms with Gasteiger partial charge in [-0.05, 0) is 36.8 Å². The smallest absolute Gasteiger partial charge is 0.227 e. The van der Waals surface area contributed by atoms with Gasteiger partial charge in [0.25, 0.3) is 0 Å². The lowest BCUT2D eigenvalue weighted by atomic mass is 10.0. The van der Waals surface area contributed by atoms with Crippen LogP contribution in [0.2, 0.25) is 0 Å². The second-order valence-corrected chi connectivity index (χ2v) is 7.45. The van der Waals surface area contributed by atoms with Gasteiger partial charge in [-0.2, -0.15) is 0 Å². The molecule has 0 bridgehead atoms. The number of carbonyl (C=O) groups excluding carboxylic acids is 2. The van der Waals surface area contributed by atoms with E-state index in [1.54, 1.807) is 4.90 Å². The summed E-state index contributed by atoms with van der Waals surface area (Å²) in [6, 6.07) is 14.1. The van der Waals surface area contributed by atoms with Crippen molar-refractivity contribution in [2.45, 2.75) is 31.7 Å².